The quantitative estimate of drug-likeness (QED) is 0.885. The standard InChI is InChI=1S/C16H17NO2/c1-11-3-8-15(12(2)9-11)16(19)17-14-6-4-13(10-18)5-7-14/h3-9,18H,10H2,1-2H3,(H,17,19). The highest BCUT2D eigenvalue weighted by Gasteiger charge is 2.09. The minimum atomic E-state index is -0.116. The van der Waals surface area contributed by atoms with Gasteiger partial charge >= 0.3 is 0 Å². The number of amides is 1. The predicted octanol–water partition coefficient (Wildman–Crippen LogP) is 3.05. The maximum absolute atomic E-state index is 12.1. The van der Waals surface area contributed by atoms with Crippen molar-refractivity contribution in [2.45, 2.75) is 20.5 Å². The van der Waals surface area contributed by atoms with Crippen LogP contribution in [0.5, 0.6) is 0 Å². The summed E-state index contributed by atoms with van der Waals surface area (Å²) in [7, 11) is 0. The molecule has 0 atom stereocenters. The van der Waals surface area contributed by atoms with Crippen molar-refractivity contribution in [2.75, 3.05) is 5.32 Å². The zero-order valence-electron chi connectivity index (χ0n) is 11.1. The van der Waals surface area contributed by atoms with Gasteiger partial charge in [-0.15, -0.1) is 0 Å². The van der Waals surface area contributed by atoms with Crippen LogP contribution in [0.25, 0.3) is 0 Å². The first-order valence-corrected chi connectivity index (χ1v) is 6.18. The molecule has 1 amide bonds. The van der Waals surface area contributed by atoms with E-state index in [0.717, 1.165) is 22.4 Å². The van der Waals surface area contributed by atoms with Crippen LogP contribution in [0.1, 0.15) is 27.0 Å². The molecule has 0 heterocycles. The van der Waals surface area contributed by atoms with Crippen molar-refractivity contribution >= 4 is 11.6 Å². The molecule has 0 aromatic heterocycles. The molecule has 2 aromatic rings. The summed E-state index contributed by atoms with van der Waals surface area (Å²) in [5.41, 5.74) is 4.33. The average molecular weight is 255 g/mol. The molecule has 98 valence electrons. The van der Waals surface area contributed by atoms with Crippen LogP contribution in [0.15, 0.2) is 42.5 Å². The molecule has 19 heavy (non-hydrogen) atoms. The summed E-state index contributed by atoms with van der Waals surface area (Å²) in [4.78, 5) is 12.1. The second-order valence-electron chi connectivity index (χ2n) is 4.63. The lowest BCUT2D eigenvalue weighted by Gasteiger charge is -2.08. The van der Waals surface area contributed by atoms with Crippen LogP contribution in [0.3, 0.4) is 0 Å². The Morgan fingerprint density at radius 2 is 1.79 bits per heavy atom. The summed E-state index contributed by atoms with van der Waals surface area (Å²) in [5.74, 6) is -0.116. The third kappa shape index (κ3) is 3.20. The number of nitrogens with one attached hydrogen (secondary N) is 1. The number of benzene rings is 2. The summed E-state index contributed by atoms with van der Waals surface area (Å²) in [6.45, 7) is 3.93. The second kappa shape index (κ2) is 5.67. The molecule has 2 rings (SSSR count). The zero-order valence-corrected chi connectivity index (χ0v) is 11.1. The number of rotatable bonds is 3. The van der Waals surface area contributed by atoms with Crippen LogP contribution in [0, 0.1) is 13.8 Å². The van der Waals surface area contributed by atoms with E-state index in [9.17, 15) is 4.79 Å². The van der Waals surface area contributed by atoms with Crippen molar-refractivity contribution < 1.29 is 9.90 Å². The molecule has 2 N–H and O–H groups in total. The number of hydrogen-bond donors (Lipinski definition) is 2. The Hall–Kier alpha value is -2.13. The molecule has 0 radical (unpaired) electrons. The number of aliphatic hydroxyl groups excluding tert-OH is 1. The Balaban J connectivity index is 2.15. The van der Waals surface area contributed by atoms with Gasteiger partial charge in [0, 0.05) is 11.3 Å². The molecular weight excluding hydrogens is 238 g/mol. The van der Waals surface area contributed by atoms with E-state index in [1.54, 1.807) is 24.3 Å². The lowest BCUT2D eigenvalue weighted by Crippen LogP contribution is -2.13. The highest BCUT2D eigenvalue weighted by Crippen LogP contribution is 2.14. The maximum atomic E-state index is 12.1. The van der Waals surface area contributed by atoms with Crippen LogP contribution < -0.4 is 5.32 Å². The van der Waals surface area contributed by atoms with Gasteiger partial charge in [-0.2, -0.15) is 0 Å². The van der Waals surface area contributed by atoms with E-state index in [0.29, 0.717) is 5.56 Å². The lowest BCUT2D eigenvalue weighted by atomic mass is 10.1. The minimum Gasteiger partial charge on any atom is -0.392 e. The van der Waals surface area contributed by atoms with Gasteiger partial charge in [-0.3, -0.25) is 4.79 Å². The van der Waals surface area contributed by atoms with Gasteiger partial charge in [-0.25, -0.2) is 0 Å². The Morgan fingerprint density at radius 3 is 2.37 bits per heavy atom. The average Bonchev–Trinajstić information content (AvgIpc) is 2.39. The van der Waals surface area contributed by atoms with Crippen molar-refractivity contribution in [1.29, 1.82) is 0 Å². The molecule has 0 aliphatic carbocycles. The van der Waals surface area contributed by atoms with Gasteiger partial charge < -0.3 is 10.4 Å². The Bertz CT molecular complexity index is 588. The van der Waals surface area contributed by atoms with E-state index in [1.807, 2.05) is 32.0 Å². The molecule has 0 aliphatic rings. The molecule has 0 unspecified atom stereocenters. The third-order valence-electron chi connectivity index (χ3n) is 3.02. The lowest BCUT2D eigenvalue weighted by molar-refractivity contribution is 0.102. The largest absolute Gasteiger partial charge is 0.392 e. The van der Waals surface area contributed by atoms with Gasteiger partial charge in [0.25, 0.3) is 5.91 Å². The molecule has 0 bridgehead atoms. The van der Waals surface area contributed by atoms with Crippen molar-refractivity contribution in [2.24, 2.45) is 0 Å². The first kappa shape index (κ1) is 13.3. The van der Waals surface area contributed by atoms with Crippen molar-refractivity contribution in [1.82, 2.24) is 0 Å². The zero-order chi connectivity index (χ0) is 13.8. The second-order valence-corrected chi connectivity index (χ2v) is 4.63. The van der Waals surface area contributed by atoms with Gasteiger partial charge in [-0.1, -0.05) is 29.8 Å². The van der Waals surface area contributed by atoms with Gasteiger partial charge in [-0.05, 0) is 43.2 Å². The van der Waals surface area contributed by atoms with Crippen molar-refractivity contribution in [3.05, 3.63) is 64.7 Å². The Kier molecular flexibility index (Phi) is 3.97. The summed E-state index contributed by atoms with van der Waals surface area (Å²) >= 11 is 0. The number of aryl methyl sites for hydroxylation is 2. The molecule has 0 fully saturated rings. The number of hydrogen-bond acceptors (Lipinski definition) is 2. The van der Waals surface area contributed by atoms with E-state index in [4.69, 9.17) is 5.11 Å². The molecule has 3 heteroatoms. The fourth-order valence-electron chi connectivity index (χ4n) is 1.96. The SMILES string of the molecule is Cc1ccc(C(=O)Nc2ccc(CO)cc2)c(C)c1. The highest BCUT2D eigenvalue weighted by atomic mass is 16.3. The van der Waals surface area contributed by atoms with Crippen LogP contribution in [-0.4, -0.2) is 11.0 Å². The van der Waals surface area contributed by atoms with E-state index in [2.05, 4.69) is 5.32 Å². The maximum Gasteiger partial charge on any atom is 0.255 e. The Morgan fingerprint density at radius 1 is 1.11 bits per heavy atom. The molecular formula is C16H17NO2. The van der Waals surface area contributed by atoms with Gasteiger partial charge in [0.15, 0.2) is 0 Å². The molecule has 0 spiro atoms. The first-order chi connectivity index (χ1) is 9.10. The number of aliphatic hydroxyl groups is 1. The number of anilines is 1. The number of carbonyl (C=O) groups is 1. The fraction of sp³-hybridized carbons (Fsp3) is 0.188. The third-order valence-corrected chi connectivity index (χ3v) is 3.02. The summed E-state index contributed by atoms with van der Waals surface area (Å²) in [5, 5.41) is 11.8. The summed E-state index contributed by atoms with van der Waals surface area (Å²) in [6, 6.07) is 12.9. The van der Waals surface area contributed by atoms with Crippen molar-refractivity contribution in [3.63, 3.8) is 0 Å². The smallest absolute Gasteiger partial charge is 0.255 e. The highest BCUT2D eigenvalue weighted by molar-refractivity contribution is 6.05. The van der Waals surface area contributed by atoms with Crippen LogP contribution >= 0.6 is 0 Å². The normalized spacial score (nSPS) is 10.3. The van der Waals surface area contributed by atoms with Crippen LogP contribution in [-0.2, 0) is 6.61 Å². The van der Waals surface area contributed by atoms with Crippen LogP contribution in [0.4, 0.5) is 5.69 Å². The molecule has 0 aliphatic heterocycles. The van der Waals surface area contributed by atoms with E-state index < -0.39 is 0 Å². The van der Waals surface area contributed by atoms with E-state index in [1.165, 1.54) is 0 Å². The van der Waals surface area contributed by atoms with Gasteiger partial charge in [0.2, 0.25) is 0 Å². The topological polar surface area (TPSA) is 49.3 Å². The Labute approximate surface area is 112 Å². The van der Waals surface area contributed by atoms with Gasteiger partial charge in [0.1, 0.15) is 0 Å². The number of carbonyl (C=O) groups excluding carboxylic acids is 1. The molecule has 2 aromatic carbocycles. The van der Waals surface area contributed by atoms with Crippen LogP contribution in [0.2, 0.25) is 0 Å². The fourth-order valence-corrected chi connectivity index (χ4v) is 1.96. The molecule has 0 saturated carbocycles. The van der Waals surface area contributed by atoms with Crippen molar-refractivity contribution in [3.8, 4) is 0 Å². The van der Waals surface area contributed by atoms with Gasteiger partial charge in [0.05, 0.1) is 6.61 Å². The minimum absolute atomic E-state index is 0.00525. The monoisotopic (exact) mass is 255 g/mol. The molecule has 3 nitrogen and oxygen atoms in total. The van der Waals surface area contributed by atoms with E-state index in [-0.39, 0.29) is 12.5 Å². The summed E-state index contributed by atoms with van der Waals surface area (Å²) < 4.78 is 0. The van der Waals surface area contributed by atoms with E-state index >= 15 is 0 Å². The summed E-state index contributed by atoms with van der Waals surface area (Å²) in [6.07, 6.45) is 0. The predicted molar refractivity (Wildman–Crippen MR) is 76.2 cm³/mol. The molecule has 0 saturated heterocycles. The first-order valence-electron chi connectivity index (χ1n) is 6.18.